The van der Waals surface area contributed by atoms with E-state index in [4.69, 9.17) is 0 Å². The second-order valence-corrected chi connectivity index (χ2v) is 4.29. The Morgan fingerprint density at radius 2 is 2.06 bits per heavy atom. The summed E-state index contributed by atoms with van der Waals surface area (Å²) in [5.41, 5.74) is -1.54. The van der Waals surface area contributed by atoms with Crippen molar-refractivity contribution >= 4 is 12.1 Å². The summed E-state index contributed by atoms with van der Waals surface area (Å²) in [4.78, 5) is 9.78. The van der Waals surface area contributed by atoms with Crippen LogP contribution in [-0.4, -0.2) is 36.2 Å². The average molecular weight is 229 g/mol. The van der Waals surface area contributed by atoms with E-state index in [2.05, 4.69) is 9.98 Å². The number of halogens is 3. The highest BCUT2D eigenvalue weighted by molar-refractivity contribution is 6.30. The predicted octanol–water partition coefficient (Wildman–Crippen LogP) is 1.97. The minimum Gasteiger partial charge on any atom is -0.328 e. The lowest BCUT2D eigenvalue weighted by molar-refractivity contribution is -0.175. The Labute approximate surface area is 90.4 Å². The number of rotatable bonds is 1. The van der Waals surface area contributed by atoms with Crippen molar-refractivity contribution in [1.82, 2.24) is 4.90 Å². The Morgan fingerprint density at radius 3 is 2.69 bits per heavy atom. The number of nitrogens with zero attached hydrogens (tertiary/aromatic N) is 3. The topological polar surface area (TPSA) is 28.0 Å². The number of fused-ring (bicyclic) bond motifs is 1. The first-order valence-electron chi connectivity index (χ1n) is 5.17. The van der Waals surface area contributed by atoms with E-state index in [1.54, 1.807) is 4.90 Å². The van der Waals surface area contributed by atoms with Gasteiger partial charge in [0.05, 0.1) is 18.5 Å². The van der Waals surface area contributed by atoms with Gasteiger partial charge in [-0.1, -0.05) is 0 Å². The number of aliphatic imine (C=N–C) groups is 2. The highest BCUT2D eigenvalue weighted by Gasteiger charge is 2.66. The summed E-state index contributed by atoms with van der Waals surface area (Å²) in [5, 5.41) is 0. The minimum atomic E-state index is -4.19. The molecule has 16 heavy (non-hydrogen) atoms. The number of hydrogen-bond donors (Lipinski definition) is 0. The molecule has 0 aromatic rings. The van der Waals surface area contributed by atoms with Gasteiger partial charge in [-0.25, -0.2) is 0 Å². The molecule has 3 rings (SSSR count). The summed E-state index contributed by atoms with van der Waals surface area (Å²) in [6.07, 6.45) is -0.939. The summed E-state index contributed by atoms with van der Waals surface area (Å²) < 4.78 is 38.6. The van der Waals surface area contributed by atoms with Gasteiger partial charge in [0.2, 0.25) is 0 Å². The summed E-state index contributed by atoms with van der Waals surface area (Å²) in [7, 11) is 0. The van der Waals surface area contributed by atoms with Gasteiger partial charge in [-0.3, -0.25) is 9.98 Å². The molecular formula is C10H10F3N3. The molecule has 3 nitrogen and oxygen atoms in total. The second-order valence-electron chi connectivity index (χ2n) is 4.29. The molecule has 86 valence electrons. The van der Waals surface area contributed by atoms with Crippen molar-refractivity contribution in [2.24, 2.45) is 15.4 Å². The third-order valence-electron chi connectivity index (χ3n) is 3.29. The molecule has 0 amide bonds. The zero-order valence-electron chi connectivity index (χ0n) is 8.46. The lowest BCUT2D eigenvalue weighted by Gasteiger charge is -2.25. The number of amidine groups is 1. The maximum Gasteiger partial charge on any atom is 0.399 e. The normalized spacial score (nSPS) is 26.3. The Balaban J connectivity index is 1.93. The summed E-state index contributed by atoms with van der Waals surface area (Å²) in [5.74, 6) is 0.668. The zero-order valence-corrected chi connectivity index (χ0v) is 8.46. The zero-order chi connectivity index (χ0) is 11.4. The van der Waals surface area contributed by atoms with Gasteiger partial charge < -0.3 is 4.90 Å². The first kappa shape index (κ1) is 9.86. The molecule has 0 aromatic heterocycles. The van der Waals surface area contributed by atoms with Crippen molar-refractivity contribution in [2.75, 3.05) is 13.1 Å². The van der Waals surface area contributed by atoms with Crippen molar-refractivity contribution in [3.8, 4) is 0 Å². The third-order valence-corrected chi connectivity index (χ3v) is 3.29. The highest BCUT2D eigenvalue weighted by Crippen LogP contribution is 2.62. The summed E-state index contributed by atoms with van der Waals surface area (Å²) in [6, 6.07) is 0. The molecule has 0 N–H and O–H groups in total. The van der Waals surface area contributed by atoms with Crippen LogP contribution >= 0.6 is 0 Å². The fourth-order valence-electron chi connectivity index (χ4n) is 2.09. The van der Waals surface area contributed by atoms with Crippen LogP contribution in [0.3, 0.4) is 0 Å². The van der Waals surface area contributed by atoms with Crippen LogP contribution in [0.1, 0.15) is 12.8 Å². The quantitative estimate of drug-likeness (QED) is 0.675. The van der Waals surface area contributed by atoms with Gasteiger partial charge in [-0.15, -0.1) is 0 Å². The molecule has 0 bridgehead atoms. The first-order valence-corrected chi connectivity index (χ1v) is 5.17. The smallest absolute Gasteiger partial charge is 0.328 e. The monoisotopic (exact) mass is 229 g/mol. The van der Waals surface area contributed by atoms with Gasteiger partial charge in [-0.05, 0) is 12.8 Å². The third kappa shape index (κ3) is 1.22. The molecule has 2 aliphatic heterocycles. The SMILES string of the molecule is FC(F)(F)C1(C2=CN3CCN=C3C=N2)CC1. The predicted molar refractivity (Wildman–Crippen MR) is 53.3 cm³/mol. The molecule has 6 heteroatoms. The van der Waals surface area contributed by atoms with Crippen molar-refractivity contribution in [2.45, 2.75) is 19.0 Å². The van der Waals surface area contributed by atoms with Crippen LogP contribution < -0.4 is 0 Å². The molecule has 0 aromatic carbocycles. The van der Waals surface area contributed by atoms with Crippen LogP contribution in [0.4, 0.5) is 13.2 Å². The second kappa shape index (κ2) is 2.87. The van der Waals surface area contributed by atoms with Crippen molar-refractivity contribution in [3.63, 3.8) is 0 Å². The van der Waals surface area contributed by atoms with Gasteiger partial charge in [0.25, 0.3) is 0 Å². The fraction of sp³-hybridized carbons (Fsp3) is 0.600. The largest absolute Gasteiger partial charge is 0.399 e. The van der Waals surface area contributed by atoms with Gasteiger partial charge >= 0.3 is 6.18 Å². The number of allylic oxidation sites excluding steroid dienone is 1. The average Bonchev–Trinajstić information content (AvgIpc) is 2.91. The van der Waals surface area contributed by atoms with Crippen molar-refractivity contribution in [3.05, 3.63) is 11.9 Å². The van der Waals surface area contributed by atoms with Crippen molar-refractivity contribution in [1.29, 1.82) is 0 Å². The lowest BCUT2D eigenvalue weighted by Crippen LogP contribution is -2.32. The van der Waals surface area contributed by atoms with Crippen LogP contribution in [0.25, 0.3) is 0 Å². The van der Waals surface area contributed by atoms with Gasteiger partial charge in [-0.2, -0.15) is 13.2 Å². The molecule has 1 saturated carbocycles. The Kier molecular flexibility index (Phi) is 1.77. The molecule has 1 fully saturated rings. The summed E-state index contributed by atoms with van der Waals surface area (Å²) >= 11 is 0. The van der Waals surface area contributed by atoms with E-state index in [1.165, 1.54) is 12.4 Å². The Bertz CT molecular complexity index is 416. The standard InChI is InChI=1S/C10H10F3N3/c11-10(12,13)9(1-2-9)7-6-16-4-3-14-8(16)5-15-7/h5-6H,1-4H2. The van der Waals surface area contributed by atoms with Crippen LogP contribution in [0, 0.1) is 5.41 Å². The van der Waals surface area contributed by atoms with Gasteiger partial charge in [0, 0.05) is 12.7 Å². The Morgan fingerprint density at radius 1 is 1.31 bits per heavy atom. The van der Waals surface area contributed by atoms with E-state index < -0.39 is 11.6 Å². The highest BCUT2D eigenvalue weighted by atomic mass is 19.4. The molecular weight excluding hydrogens is 219 g/mol. The minimum absolute atomic E-state index is 0.140. The molecule has 0 spiro atoms. The number of hydrogen-bond acceptors (Lipinski definition) is 3. The molecule has 0 saturated heterocycles. The van der Waals surface area contributed by atoms with E-state index in [-0.39, 0.29) is 18.5 Å². The summed E-state index contributed by atoms with van der Waals surface area (Å²) in [6.45, 7) is 1.28. The van der Waals surface area contributed by atoms with Crippen LogP contribution in [0.2, 0.25) is 0 Å². The molecule has 0 unspecified atom stereocenters. The van der Waals surface area contributed by atoms with Gasteiger partial charge in [0.15, 0.2) is 0 Å². The first-order chi connectivity index (χ1) is 7.53. The van der Waals surface area contributed by atoms with Crippen LogP contribution in [0.15, 0.2) is 21.9 Å². The van der Waals surface area contributed by atoms with Crippen LogP contribution in [-0.2, 0) is 0 Å². The molecule has 3 aliphatic rings. The molecule has 2 heterocycles. The van der Waals surface area contributed by atoms with E-state index in [0.29, 0.717) is 18.9 Å². The number of alkyl halides is 3. The van der Waals surface area contributed by atoms with Crippen LogP contribution in [0.5, 0.6) is 0 Å². The lowest BCUT2D eigenvalue weighted by atomic mass is 10.0. The van der Waals surface area contributed by atoms with E-state index in [1.807, 2.05) is 0 Å². The van der Waals surface area contributed by atoms with E-state index in [0.717, 1.165) is 0 Å². The maximum atomic E-state index is 12.9. The molecule has 1 aliphatic carbocycles. The molecule has 0 atom stereocenters. The molecule has 0 radical (unpaired) electrons. The van der Waals surface area contributed by atoms with E-state index >= 15 is 0 Å². The van der Waals surface area contributed by atoms with E-state index in [9.17, 15) is 13.2 Å². The Hall–Kier alpha value is -1.33. The fourth-order valence-corrected chi connectivity index (χ4v) is 2.09. The maximum absolute atomic E-state index is 12.9. The van der Waals surface area contributed by atoms with Crippen molar-refractivity contribution < 1.29 is 13.2 Å². The van der Waals surface area contributed by atoms with Gasteiger partial charge in [0.1, 0.15) is 11.3 Å².